The van der Waals surface area contributed by atoms with Gasteiger partial charge in [-0.3, -0.25) is 0 Å². The highest BCUT2D eigenvalue weighted by atomic mass is 35.5. The van der Waals surface area contributed by atoms with E-state index in [1.54, 1.807) is 6.07 Å². The third kappa shape index (κ3) is 4.39. The predicted octanol–water partition coefficient (Wildman–Crippen LogP) is 4.91. The summed E-state index contributed by atoms with van der Waals surface area (Å²) in [6.07, 6.45) is 2.92. The molecule has 5 heteroatoms. The van der Waals surface area contributed by atoms with Gasteiger partial charge in [0.1, 0.15) is 0 Å². The molecule has 2 aliphatic rings. The zero-order valence-electron chi connectivity index (χ0n) is 16.4. The first kappa shape index (κ1) is 20.2. The first-order valence-electron chi connectivity index (χ1n) is 10.1. The molecule has 2 aromatic rings. The lowest BCUT2D eigenvalue weighted by Gasteiger charge is -2.46. The second-order valence-corrected chi connectivity index (χ2v) is 9.27. The van der Waals surface area contributed by atoms with E-state index in [-0.39, 0.29) is 5.92 Å². The fourth-order valence-corrected chi connectivity index (χ4v) is 4.92. The Hall–Kier alpha value is -1.10. The number of aliphatic hydroxyl groups is 1. The number of hydrogen-bond acceptors (Lipinski definition) is 3. The maximum atomic E-state index is 11.2. The molecule has 2 fully saturated rings. The Balaban J connectivity index is 1.56. The lowest BCUT2D eigenvalue weighted by molar-refractivity contribution is -0.0665. The van der Waals surface area contributed by atoms with Gasteiger partial charge in [-0.15, -0.1) is 0 Å². The molecule has 4 rings (SSSR count). The monoisotopic (exact) mass is 418 g/mol. The molecule has 0 aromatic heterocycles. The topological polar surface area (TPSA) is 26.7 Å². The highest BCUT2D eigenvalue weighted by Crippen LogP contribution is 2.44. The number of rotatable bonds is 5. The Kier molecular flexibility index (Phi) is 6.01. The Bertz CT molecular complexity index is 792. The summed E-state index contributed by atoms with van der Waals surface area (Å²) in [5, 5.41) is 12.5. The molecule has 0 amide bonds. The van der Waals surface area contributed by atoms with Crippen LogP contribution in [-0.2, 0) is 0 Å². The van der Waals surface area contributed by atoms with Crippen LogP contribution < -0.4 is 0 Å². The zero-order valence-corrected chi connectivity index (χ0v) is 17.9. The van der Waals surface area contributed by atoms with Crippen molar-refractivity contribution in [2.75, 3.05) is 39.8 Å². The average molecular weight is 419 g/mol. The summed E-state index contributed by atoms with van der Waals surface area (Å²) in [4.78, 5) is 4.88. The summed E-state index contributed by atoms with van der Waals surface area (Å²) < 4.78 is 0. The van der Waals surface area contributed by atoms with Crippen LogP contribution in [0.3, 0.4) is 0 Å². The van der Waals surface area contributed by atoms with Crippen molar-refractivity contribution < 1.29 is 5.11 Å². The Labute approximate surface area is 177 Å². The molecule has 1 unspecified atom stereocenters. The summed E-state index contributed by atoms with van der Waals surface area (Å²) in [5.41, 5.74) is 2.76. The van der Waals surface area contributed by atoms with E-state index in [2.05, 4.69) is 41.1 Å². The van der Waals surface area contributed by atoms with E-state index < -0.39 is 5.60 Å². The van der Waals surface area contributed by atoms with Gasteiger partial charge in [0.15, 0.2) is 0 Å². The highest BCUT2D eigenvalue weighted by molar-refractivity contribution is 6.35. The molecule has 0 bridgehead atoms. The van der Waals surface area contributed by atoms with E-state index in [0.717, 1.165) is 63.1 Å². The minimum absolute atomic E-state index is 0.154. The van der Waals surface area contributed by atoms with Gasteiger partial charge in [-0.1, -0.05) is 47.5 Å². The van der Waals surface area contributed by atoms with Crippen molar-refractivity contribution in [2.45, 2.75) is 30.8 Å². The van der Waals surface area contributed by atoms with Crippen molar-refractivity contribution in [3.63, 3.8) is 0 Å². The SMILES string of the molecule is CN1CCN(CC(c2ccc(-c3cc(Cl)cc(Cl)c3)cc2)C2(O)CCC2)CC1. The third-order valence-electron chi connectivity index (χ3n) is 6.41. The molecule has 28 heavy (non-hydrogen) atoms. The number of piperazine rings is 1. The van der Waals surface area contributed by atoms with Gasteiger partial charge in [0.05, 0.1) is 5.60 Å². The van der Waals surface area contributed by atoms with E-state index in [1.807, 2.05) is 12.1 Å². The van der Waals surface area contributed by atoms with Gasteiger partial charge in [0.25, 0.3) is 0 Å². The van der Waals surface area contributed by atoms with Gasteiger partial charge in [-0.05, 0) is 61.2 Å². The molecule has 1 heterocycles. The van der Waals surface area contributed by atoms with Crippen LogP contribution in [0.1, 0.15) is 30.7 Å². The fraction of sp³-hybridized carbons (Fsp3) is 0.478. The largest absolute Gasteiger partial charge is 0.389 e. The summed E-state index contributed by atoms with van der Waals surface area (Å²) in [6, 6.07) is 14.2. The Morgan fingerprint density at radius 3 is 2.07 bits per heavy atom. The van der Waals surface area contributed by atoms with Crippen LogP contribution in [0.2, 0.25) is 10.0 Å². The van der Waals surface area contributed by atoms with Crippen LogP contribution in [0.25, 0.3) is 11.1 Å². The Morgan fingerprint density at radius 2 is 1.54 bits per heavy atom. The quantitative estimate of drug-likeness (QED) is 0.747. The van der Waals surface area contributed by atoms with Crippen LogP contribution in [-0.4, -0.2) is 60.3 Å². The molecule has 1 aliphatic carbocycles. The minimum atomic E-state index is -0.565. The molecule has 3 nitrogen and oxygen atoms in total. The maximum absolute atomic E-state index is 11.2. The first-order chi connectivity index (χ1) is 13.4. The van der Waals surface area contributed by atoms with E-state index in [4.69, 9.17) is 23.2 Å². The van der Waals surface area contributed by atoms with Gasteiger partial charge in [-0.25, -0.2) is 0 Å². The number of likely N-dealkylation sites (N-methyl/N-ethyl adjacent to an activating group) is 1. The van der Waals surface area contributed by atoms with Crippen LogP contribution in [0.4, 0.5) is 0 Å². The molecule has 0 spiro atoms. The van der Waals surface area contributed by atoms with Gasteiger partial charge >= 0.3 is 0 Å². The molecule has 1 aliphatic heterocycles. The molecular weight excluding hydrogens is 391 g/mol. The van der Waals surface area contributed by atoms with Gasteiger partial charge in [-0.2, -0.15) is 0 Å². The summed E-state index contributed by atoms with van der Waals surface area (Å²) in [7, 11) is 2.18. The van der Waals surface area contributed by atoms with Crippen molar-refractivity contribution in [3.05, 3.63) is 58.1 Å². The Morgan fingerprint density at radius 1 is 0.929 bits per heavy atom. The standard InChI is InChI=1S/C23H28Cl2N2O/c1-26-9-11-27(12-10-26)16-22(23(28)7-2-8-23)18-5-3-17(4-6-18)19-13-20(24)15-21(25)14-19/h3-6,13-15,22,28H,2,7-12,16H2,1H3. The van der Waals surface area contributed by atoms with Crippen molar-refractivity contribution in [1.29, 1.82) is 0 Å². The fourth-order valence-electron chi connectivity index (χ4n) is 4.39. The number of nitrogens with zero attached hydrogens (tertiary/aromatic N) is 2. The van der Waals surface area contributed by atoms with E-state index in [1.165, 1.54) is 5.56 Å². The second kappa shape index (κ2) is 8.33. The maximum Gasteiger partial charge on any atom is 0.0728 e. The van der Waals surface area contributed by atoms with Crippen molar-refractivity contribution in [2.24, 2.45) is 0 Å². The summed E-state index contributed by atoms with van der Waals surface area (Å²) in [6.45, 7) is 5.26. The summed E-state index contributed by atoms with van der Waals surface area (Å²) in [5.74, 6) is 0.154. The average Bonchev–Trinajstić information content (AvgIpc) is 2.65. The first-order valence-corrected chi connectivity index (χ1v) is 10.9. The molecule has 150 valence electrons. The molecule has 1 N–H and O–H groups in total. The summed E-state index contributed by atoms with van der Waals surface area (Å²) >= 11 is 12.3. The molecule has 1 saturated carbocycles. The number of halogens is 2. The number of hydrogen-bond donors (Lipinski definition) is 1. The lowest BCUT2D eigenvalue weighted by Crippen LogP contribution is -2.51. The van der Waals surface area contributed by atoms with Crippen molar-refractivity contribution >= 4 is 23.2 Å². The lowest BCUT2D eigenvalue weighted by atomic mass is 9.68. The second-order valence-electron chi connectivity index (χ2n) is 8.39. The number of benzene rings is 2. The highest BCUT2D eigenvalue weighted by Gasteiger charge is 2.43. The smallest absolute Gasteiger partial charge is 0.0728 e. The van der Waals surface area contributed by atoms with Crippen LogP contribution in [0.15, 0.2) is 42.5 Å². The van der Waals surface area contributed by atoms with Crippen molar-refractivity contribution in [3.8, 4) is 11.1 Å². The third-order valence-corrected chi connectivity index (χ3v) is 6.85. The van der Waals surface area contributed by atoms with E-state index in [9.17, 15) is 5.11 Å². The van der Waals surface area contributed by atoms with Crippen LogP contribution >= 0.6 is 23.2 Å². The van der Waals surface area contributed by atoms with Gasteiger partial charge in [0.2, 0.25) is 0 Å². The van der Waals surface area contributed by atoms with Crippen LogP contribution in [0.5, 0.6) is 0 Å². The minimum Gasteiger partial charge on any atom is -0.389 e. The van der Waals surface area contributed by atoms with E-state index in [0.29, 0.717) is 10.0 Å². The molecule has 1 saturated heterocycles. The molecular formula is C23H28Cl2N2O. The zero-order chi connectivity index (χ0) is 19.7. The molecule has 0 radical (unpaired) electrons. The van der Waals surface area contributed by atoms with E-state index >= 15 is 0 Å². The predicted molar refractivity (Wildman–Crippen MR) is 117 cm³/mol. The van der Waals surface area contributed by atoms with Crippen LogP contribution in [0, 0.1) is 0 Å². The van der Waals surface area contributed by atoms with Gasteiger partial charge in [0, 0.05) is 48.7 Å². The van der Waals surface area contributed by atoms with Crippen molar-refractivity contribution in [1.82, 2.24) is 9.80 Å². The molecule has 1 atom stereocenters. The normalized spacial score (nSPS) is 21.3. The van der Waals surface area contributed by atoms with Gasteiger partial charge < -0.3 is 14.9 Å². The molecule has 2 aromatic carbocycles.